The molecule has 1 fully saturated rings. The third-order valence-corrected chi connectivity index (χ3v) is 6.54. The van der Waals surface area contributed by atoms with Crippen molar-refractivity contribution in [3.05, 3.63) is 76.7 Å². The van der Waals surface area contributed by atoms with Crippen LogP contribution in [0.5, 0.6) is 11.6 Å². The van der Waals surface area contributed by atoms with Crippen molar-refractivity contribution < 1.29 is 22.7 Å². The number of carbonyl (C=O) groups excluding carboxylic acids is 1. The van der Waals surface area contributed by atoms with Crippen molar-refractivity contribution in [2.45, 2.75) is 32.7 Å². The van der Waals surface area contributed by atoms with Gasteiger partial charge < -0.3 is 14.5 Å². The highest BCUT2D eigenvalue weighted by molar-refractivity contribution is 5.94. The van der Waals surface area contributed by atoms with Gasteiger partial charge in [0, 0.05) is 37.7 Å². The van der Waals surface area contributed by atoms with Crippen LogP contribution in [0.15, 0.2) is 42.5 Å². The molecule has 0 unspecified atom stereocenters. The lowest BCUT2D eigenvalue weighted by Gasteiger charge is -2.33. The van der Waals surface area contributed by atoms with Gasteiger partial charge in [-0.25, -0.2) is 18.2 Å². The topological polar surface area (TPSA) is 58.6 Å². The Morgan fingerprint density at radius 2 is 1.77 bits per heavy atom. The zero-order chi connectivity index (χ0) is 24.5. The molecule has 2 aliphatic heterocycles. The maximum atomic E-state index is 14.4. The number of piperidine rings is 1. The molecule has 0 bridgehead atoms. The molecule has 0 aliphatic carbocycles. The molecule has 0 atom stereocenters. The Morgan fingerprint density at radius 3 is 2.51 bits per heavy atom. The molecule has 0 radical (unpaired) electrons. The molecule has 182 valence electrons. The molecule has 1 saturated heterocycles. The SMILES string of the molecule is CC1CCN(c2nc3c(c(Oc4ccc(F)cc4F)n2)CN(C(=O)c2cccc(F)c2)CC3)CC1. The second kappa shape index (κ2) is 9.56. The third-order valence-electron chi connectivity index (χ3n) is 6.54. The second-order valence-corrected chi connectivity index (χ2v) is 9.09. The minimum Gasteiger partial charge on any atom is -0.435 e. The van der Waals surface area contributed by atoms with Gasteiger partial charge in [0.2, 0.25) is 11.8 Å². The van der Waals surface area contributed by atoms with Gasteiger partial charge in [0.1, 0.15) is 11.6 Å². The third kappa shape index (κ3) is 4.94. The van der Waals surface area contributed by atoms with Gasteiger partial charge >= 0.3 is 0 Å². The van der Waals surface area contributed by atoms with Gasteiger partial charge in [-0.1, -0.05) is 13.0 Å². The summed E-state index contributed by atoms with van der Waals surface area (Å²) in [5.41, 5.74) is 1.51. The smallest absolute Gasteiger partial charge is 0.254 e. The van der Waals surface area contributed by atoms with Crippen molar-refractivity contribution in [1.29, 1.82) is 0 Å². The Balaban J connectivity index is 1.49. The number of ether oxygens (including phenoxy) is 1. The number of nitrogens with zero attached hydrogens (tertiary/aromatic N) is 4. The van der Waals surface area contributed by atoms with E-state index in [1.165, 1.54) is 24.3 Å². The van der Waals surface area contributed by atoms with Crippen molar-refractivity contribution in [3.8, 4) is 11.6 Å². The van der Waals surface area contributed by atoms with Gasteiger partial charge in [0.25, 0.3) is 5.91 Å². The largest absolute Gasteiger partial charge is 0.435 e. The van der Waals surface area contributed by atoms with Crippen molar-refractivity contribution in [2.75, 3.05) is 24.5 Å². The highest BCUT2D eigenvalue weighted by atomic mass is 19.1. The summed E-state index contributed by atoms with van der Waals surface area (Å²) in [5.74, 6) is -1.31. The van der Waals surface area contributed by atoms with E-state index in [0.717, 1.165) is 43.8 Å². The van der Waals surface area contributed by atoms with E-state index in [2.05, 4.69) is 16.8 Å². The lowest BCUT2D eigenvalue weighted by atomic mass is 9.99. The van der Waals surface area contributed by atoms with E-state index in [1.54, 1.807) is 11.0 Å². The van der Waals surface area contributed by atoms with E-state index in [4.69, 9.17) is 9.72 Å². The predicted molar refractivity (Wildman–Crippen MR) is 124 cm³/mol. The first kappa shape index (κ1) is 23.1. The zero-order valence-electron chi connectivity index (χ0n) is 19.3. The van der Waals surface area contributed by atoms with Crippen LogP contribution in [0.25, 0.3) is 0 Å². The minimum atomic E-state index is -0.853. The maximum Gasteiger partial charge on any atom is 0.254 e. The molecule has 0 saturated carbocycles. The molecule has 1 amide bonds. The zero-order valence-corrected chi connectivity index (χ0v) is 19.3. The number of halogens is 3. The molecular formula is C26H25F3N4O2. The van der Waals surface area contributed by atoms with E-state index < -0.39 is 17.5 Å². The Bertz CT molecular complexity index is 1260. The van der Waals surface area contributed by atoms with Crippen LogP contribution in [-0.4, -0.2) is 40.4 Å². The molecule has 3 heterocycles. The first-order chi connectivity index (χ1) is 16.9. The summed E-state index contributed by atoms with van der Waals surface area (Å²) in [6.45, 7) is 4.32. The molecule has 1 aromatic heterocycles. The average molecular weight is 483 g/mol. The highest BCUT2D eigenvalue weighted by Gasteiger charge is 2.29. The Morgan fingerprint density at radius 1 is 1.00 bits per heavy atom. The summed E-state index contributed by atoms with van der Waals surface area (Å²) < 4.78 is 47.4. The summed E-state index contributed by atoms with van der Waals surface area (Å²) in [4.78, 5) is 26.1. The molecule has 2 aromatic carbocycles. The molecule has 3 aromatic rings. The van der Waals surface area contributed by atoms with Gasteiger partial charge in [-0.2, -0.15) is 4.98 Å². The monoisotopic (exact) mass is 482 g/mol. The van der Waals surface area contributed by atoms with E-state index >= 15 is 0 Å². The number of rotatable bonds is 4. The number of hydrogen-bond acceptors (Lipinski definition) is 5. The van der Waals surface area contributed by atoms with Gasteiger partial charge in [0.15, 0.2) is 11.6 Å². The minimum absolute atomic E-state index is 0.125. The summed E-state index contributed by atoms with van der Waals surface area (Å²) in [6, 6.07) is 8.58. The van der Waals surface area contributed by atoms with Gasteiger partial charge in [-0.3, -0.25) is 4.79 Å². The van der Waals surface area contributed by atoms with Crippen LogP contribution in [0.4, 0.5) is 19.1 Å². The molecule has 35 heavy (non-hydrogen) atoms. The maximum absolute atomic E-state index is 14.4. The lowest BCUT2D eigenvalue weighted by molar-refractivity contribution is 0.0731. The summed E-state index contributed by atoms with van der Waals surface area (Å²) in [5, 5.41) is 0. The van der Waals surface area contributed by atoms with Crippen molar-refractivity contribution in [1.82, 2.24) is 14.9 Å². The predicted octanol–water partition coefficient (Wildman–Crippen LogP) is 5.12. The molecule has 0 spiro atoms. The fourth-order valence-electron chi connectivity index (χ4n) is 4.45. The first-order valence-corrected chi connectivity index (χ1v) is 11.7. The lowest BCUT2D eigenvalue weighted by Crippen LogP contribution is -2.38. The highest BCUT2D eigenvalue weighted by Crippen LogP contribution is 2.34. The number of fused-ring (bicyclic) bond motifs is 1. The number of hydrogen-bond donors (Lipinski definition) is 0. The number of carbonyl (C=O) groups is 1. The van der Waals surface area contributed by atoms with E-state index in [9.17, 15) is 18.0 Å². The van der Waals surface area contributed by atoms with Crippen molar-refractivity contribution >= 4 is 11.9 Å². The van der Waals surface area contributed by atoms with Crippen LogP contribution in [0.1, 0.15) is 41.4 Å². The Hall–Kier alpha value is -3.62. The standard InChI is InChI=1S/C26H25F3N4O2/c1-16-7-10-32(11-8-16)26-30-22-9-12-33(25(34)17-3-2-4-18(27)13-17)15-20(22)24(31-26)35-23-6-5-19(28)14-21(23)29/h2-6,13-14,16H,7-12,15H2,1H3. The van der Waals surface area contributed by atoms with Gasteiger partial charge in [-0.15, -0.1) is 0 Å². The number of benzene rings is 2. The van der Waals surface area contributed by atoms with Crippen LogP contribution < -0.4 is 9.64 Å². The van der Waals surface area contributed by atoms with E-state index in [1.807, 2.05) is 0 Å². The van der Waals surface area contributed by atoms with Crippen LogP contribution >= 0.6 is 0 Å². The molecule has 2 aliphatic rings. The summed E-state index contributed by atoms with van der Waals surface area (Å²) in [7, 11) is 0. The van der Waals surface area contributed by atoms with Gasteiger partial charge in [0.05, 0.1) is 17.8 Å². The van der Waals surface area contributed by atoms with Crippen LogP contribution in [0, 0.1) is 23.4 Å². The molecule has 9 heteroatoms. The van der Waals surface area contributed by atoms with Crippen LogP contribution in [0.2, 0.25) is 0 Å². The van der Waals surface area contributed by atoms with Crippen LogP contribution in [0.3, 0.4) is 0 Å². The van der Waals surface area contributed by atoms with Crippen molar-refractivity contribution in [3.63, 3.8) is 0 Å². The number of aromatic nitrogens is 2. The summed E-state index contributed by atoms with van der Waals surface area (Å²) >= 11 is 0. The Kier molecular flexibility index (Phi) is 6.32. The second-order valence-electron chi connectivity index (χ2n) is 9.09. The first-order valence-electron chi connectivity index (χ1n) is 11.7. The normalized spacial score (nSPS) is 16.2. The summed E-state index contributed by atoms with van der Waals surface area (Å²) in [6.07, 6.45) is 2.47. The Labute approximate surface area is 201 Å². The van der Waals surface area contributed by atoms with Crippen molar-refractivity contribution in [2.24, 2.45) is 5.92 Å². The number of amides is 1. The fourth-order valence-corrected chi connectivity index (χ4v) is 4.45. The molecule has 5 rings (SSSR count). The van der Waals surface area contributed by atoms with Gasteiger partial charge in [-0.05, 0) is 49.1 Å². The quantitative estimate of drug-likeness (QED) is 0.517. The number of anilines is 1. The fraction of sp³-hybridized carbons (Fsp3) is 0.346. The van der Waals surface area contributed by atoms with E-state index in [-0.39, 0.29) is 29.6 Å². The molecule has 6 nitrogen and oxygen atoms in total. The molecular weight excluding hydrogens is 457 g/mol. The molecule has 0 N–H and O–H groups in total. The van der Waals surface area contributed by atoms with Crippen LogP contribution in [-0.2, 0) is 13.0 Å². The average Bonchev–Trinajstić information content (AvgIpc) is 2.85. The van der Waals surface area contributed by atoms with E-state index in [0.29, 0.717) is 30.4 Å².